The highest BCUT2D eigenvalue weighted by Crippen LogP contribution is 2.23. The highest BCUT2D eigenvalue weighted by Gasteiger charge is 2.12. The van der Waals surface area contributed by atoms with Crippen molar-refractivity contribution in [2.75, 3.05) is 5.88 Å². The van der Waals surface area contributed by atoms with E-state index >= 15 is 0 Å². The maximum absolute atomic E-state index is 6.07. The molecule has 1 heterocycles. The molecule has 0 aliphatic rings. The van der Waals surface area contributed by atoms with Crippen LogP contribution in [0.15, 0.2) is 42.5 Å². The number of hydrogen-bond donors (Lipinski definition) is 0. The minimum atomic E-state index is 0.560. The molecule has 2 nitrogen and oxygen atoms in total. The lowest BCUT2D eigenvalue weighted by Crippen LogP contribution is -2.07. The standard InChI is InChI=1S/C17H16Cl2N2/c1-12-4-2-3-5-13(12)11-21-16-7-6-14(19)10-15(16)20-17(21)8-9-18/h2-7,10H,8-9,11H2,1H3. The van der Waals surface area contributed by atoms with Gasteiger partial charge in [-0.05, 0) is 36.2 Å². The summed E-state index contributed by atoms with van der Waals surface area (Å²) in [7, 11) is 0. The molecular formula is C17H16Cl2N2. The van der Waals surface area contributed by atoms with Crippen molar-refractivity contribution in [2.24, 2.45) is 0 Å². The van der Waals surface area contributed by atoms with E-state index in [1.165, 1.54) is 11.1 Å². The van der Waals surface area contributed by atoms with Gasteiger partial charge in [0, 0.05) is 23.9 Å². The van der Waals surface area contributed by atoms with Crippen LogP contribution in [0, 0.1) is 6.92 Å². The smallest absolute Gasteiger partial charge is 0.111 e. The molecule has 0 fully saturated rings. The molecule has 0 unspecified atom stereocenters. The van der Waals surface area contributed by atoms with E-state index in [2.05, 4.69) is 40.7 Å². The lowest BCUT2D eigenvalue weighted by atomic mass is 10.1. The first-order chi connectivity index (χ1) is 10.2. The second kappa shape index (κ2) is 6.08. The second-order valence-electron chi connectivity index (χ2n) is 5.11. The van der Waals surface area contributed by atoms with E-state index in [9.17, 15) is 0 Å². The van der Waals surface area contributed by atoms with Gasteiger partial charge in [0.15, 0.2) is 0 Å². The van der Waals surface area contributed by atoms with E-state index in [1.54, 1.807) is 0 Å². The quantitative estimate of drug-likeness (QED) is 0.630. The first kappa shape index (κ1) is 14.4. The van der Waals surface area contributed by atoms with Crippen LogP contribution < -0.4 is 0 Å². The molecule has 0 amide bonds. The van der Waals surface area contributed by atoms with Crippen LogP contribution in [0.3, 0.4) is 0 Å². The van der Waals surface area contributed by atoms with Crippen molar-refractivity contribution in [3.63, 3.8) is 0 Å². The Balaban J connectivity index is 2.11. The van der Waals surface area contributed by atoms with Gasteiger partial charge in [0.2, 0.25) is 0 Å². The average Bonchev–Trinajstić information content (AvgIpc) is 2.79. The molecule has 0 bridgehead atoms. The normalized spacial score (nSPS) is 11.2. The molecule has 0 spiro atoms. The summed E-state index contributed by atoms with van der Waals surface area (Å²) in [4.78, 5) is 4.68. The van der Waals surface area contributed by atoms with E-state index in [-0.39, 0.29) is 0 Å². The van der Waals surface area contributed by atoms with Gasteiger partial charge in [-0.25, -0.2) is 4.98 Å². The Hall–Kier alpha value is -1.51. The van der Waals surface area contributed by atoms with Gasteiger partial charge in [-0.3, -0.25) is 0 Å². The summed E-state index contributed by atoms with van der Waals surface area (Å²) in [6.45, 7) is 2.93. The number of aromatic nitrogens is 2. The summed E-state index contributed by atoms with van der Waals surface area (Å²) < 4.78 is 2.23. The molecule has 0 N–H and O–H groups in total. The number of benzene rings is 2. The van der Waals surface area contributed by atoms with Gasteiger partial charge in [-0.2, -0.15) is 0 Å². The molecule has 1 aromatic heterocycles. The van der Waals surface area contributed by atoms with Crippen LogP contribution in [0.4, 0.5) is 0 Å². The monoisotopic (exact) mass is 318 g/mol. The molecule has 0 aliphatic heterocycles. The number of imidazole rings is 1. The first-order valence-corrected chi connectivity index (χ1v) is 7.85. The third-order valence-electron chi connectivity index (χ3n) is 3.70. The van der Waals surface area contributed by atoms with Crippen LogP contribution in [0.1, 0.15) is 17.0 Å². The topological polar surface area (TPSA) is 17.8 Å². The van der Waals surface area contributed by atoms with Gasteiger partial charge in [0.1, 0.15) is 5.82 Å². The molecular weight excluding hydrogens is 303 g/mol. The third kappa shape index (κ3) is 2.92. The molecule has 0 radical (unpaired) electrons. The zero-order valence-corrected chi connectivity index (χ0v) is 13.3. The Morgan fingerprint density at radius 2 is 1.95 bits per heavy atom. The predicted octanol–water partition coefficient (Wildman–Crippen LogP) is 4.83. The number of fused-ring (bicyclic) bond motifs is 1. The van der Waals surface area contributed by atoms with E-state index in [0.29, 0.717) is 10.9 Å². The van der Waals surface area contributed by atoms with Crippen molar-refractivity contribution in [1.29, 1.82) is 0 Å². The van der Waals surface area contributed by atoms with Crippen molar-refractivity contribution in [2.45, 2.75) is 19.9 Å². The number of halogens is 2. The highest BCUT2D eigenvalue weighted by molar-refractivity contribution is 6.31. The van der Waals surface area contributed by atoms with Crippen LogP contribution in [-0.4, -0.2) is 15.4 Å². The van der Waals surface area contributed by atoms with E-state index in [0.717, 1.165) is 29.8 Å². The molecule has 108 valence electrons. The average molecular weight is 319 g/mol. The minimum Gasteiger partial charge on any atom is -0.323 e. The van der Waals surface area contributed by atoms with Gasteiger partial charge in [0.25, 0.3) is 0 Å². The SMILES string of the molecule is Cc1ccccc1Cn1c(CCCl)nc2cc(Cl)ccc21. The molecule has 4 heteroatoms. The lowest BCUT2D eigenvalue weighted by molar-refractivity contribution is 0.751. The largest absolute Gasteiger partial charge is 0.323 e. The second-order valence-corrected chi connectivity index (χ2v) is 5.93. The fourth-order valence-corrected chi connectivity index (χ4v) is 2.90. The number of hydrogen-bond acceptors (Lipinski definition) is 1. The summed E-state index contributed by atoms with van der Waals surface area (Å²) in [5.74, 6) is 1.57. The zero-order chi connectivity index (χ0) is 14.8. The molecule has 0 atom stereocenters. The maximum atomic E-state index is 6.07. The van der Waals surface area contributed by atoms with Gasteiger partial charge in [0.05, 0.1) is 11.0 Å². The van der Waals surface area contributed by atoms with Crippen LogP contribution in [0.2, 0.25) is 5.02 Å². The van der Waals surface area contributed by atoms with E-state index < -0.39 is 0 Å². The molecule has 3 rings (SSSR count). The summed E-state index contributed by atoms with van der Waals surface area (Å²) in [6, 6.07) is 14.3. The minimum absolute atomic E-state index is 0.560. The summed E-state index contributed by atoms with van der Waals surface area (Å²) in [5.41, 5.74) is 4.60. The van der Waals surface area contributed by atoms with Crippen LogP contribution in [-0.2, 0) is 13.0 Å². The Kier molecular flexibility index (Phi) is 4.18. The van der Waals surface area contributed by atoms with Gasteiger partial charge in [-0.15, -0.1) is 11.6 Å². The molecule has 21 heavy (non-hydrogen) atoms. The predicted molar refractivity (Wildman–Crippen MR) is 89.4 cm³/mol. The number of rotatable bonds is 4. The van der Waals surface area contributed by atoms with Crippen molar-refractivity contribution in [3.05, 3.63) is 64.4 Å². The van der Waals surface area contributed by atoms with Crippen LogP contribution >= 0.6 is 23.2 Å². The summed E-state index contributed by atoms with van der Waals surface area (Å²) in [6.07, 6.45) is 0.750. The Labute approximate surface area is 134 Å². The molecule has 3 aromatic rings. The van der Waals surface area contributed by atoms with Gasteiger partial charge < -0.3 is 4.57 Å². The van der Waals surface area contributed by atoms with Gasteiger partial charge >= 0.3 is 0 Å². The van der Waals surface area contributed by atoms with Crippen molar-refractivity contribution in [1.82, 2.24) is 9.55 Å². The van der Waals surface area contributed by atoms with Crippen molar-refractivity contribution >= 4 is 34.2 Å². The number of aryl methyl sites for hydroxylation is 2. The van der Waals surface area contributed by atoms with Crippen molar-refractivity contribution < 1.29 is 0 Å². The number of nitrogens with zero attached hydrogens (tertiary/aromatic N) is 2. The number of alkyl halides is 1. The maximum Gasteiger partial charge on any atom is 0.111 e. The Bertz CT molecular complexity index is 778. The Morgan fingerprint density at radius 1 is 1.14 bits per heavy atom. The van der Waals surface area contributed by atoms with Crippen molar-refractivity contribution in [3.8, 4) is 0 Å². The fraction of sp³-hybridized carbons (Fsp3) is 0.235. The van der Waals surface area contributed by atoms with Gasteiger partial charge in [-0.1, -0.05) is 35.9 Å². The summed E-state index contributed by atoms with van der Waals surface area (Å²) >= 11 is 12.0. The van der Waals surface area contributed by atoms with Crippen LogP contribution in [0.25, 0.3) is 11.0 Å². The molecule has 0 saturated carbocycles. The molecule has 0 aliphatic carbocycles. The molecule has 2 aromatic carbocycles. The summed E-state index contributed by atoms with van der Waals surface area (Å²) in [5, 5.41) is 0.709. The Morgan fingerprint density at radius 3 is 2.71 bits per heavy atom. The van der Waals surface area contributed by atoms with E-state index in [4.69, 9.17) is 23.2 Å². The van der Waals surface area contributed by atoms with Crippen LogP contribution in [0.5, 0.6) is 0 Å². The lowest BCUT2D eigenvalue weighted by Gasteiger charge is -2.11. The van der Waals surface area contributed by atoms with E-state index in [1.807, 2.05) is 18.2 Å². The third-order valence-corrected chi connectivity index (χ3v) is 4.12. The zero-order valence-electron chi connectivity index (χ0n) is 11.8. The molecule has 0 saturated heterocycles. The first-order valence-electron chi connectivity index (χ1n) is 6.94. The fourth-order valence-electron chi connectivity index (χ4n) is 2.56. The highest BCUT2D eigenvalue weighted by atomic mass is 35.5.